The molecule has 0 atom stereocenters. The normalized spacial score (nSPS) is 15.9. The number of nitrogen functional groups attached to an aromatic ring is 1. The number of anilines is 1. The van der Waals surface area contributed by atoms with Crippen LogP contribution in [0.2, 0.25) is 0 Å². The number of amides is 1. The van der Waals surface area contributed by atoms with Crippen LogP contribution >= 0.6 is 0 Å². The van der Waals surface area contributed by atoms with Crippen LogP contribution in [0, 0.1) is 6.92 Å². The summed E-state index contributed by atoms with van der Waals surface area (Å²) in [5.41, 5.74) is 8.53. The number of aromatic nitrogens is 3. The quantitative estimate of drug-likeness (QED) is 0.713. The SMILES string of the molecule is Cc1ccc(C2(O)CCN(C(=O)c3ccc(-c4cncc(N)n4)cc3)CC2)nc1. The monoisotopic (exact) mass is 389 g/mol. The Hall–Kier alpha value is -3.32. The molecule has 1 aromatic carbocycles. The van der Waals surface area contributed by atoms with Gasteiger partial charge in [-0.25, -0.2) is 4.98 Å². The van der Waals surface area contributed by atoms with Crippen molar-refractivity contribution in [3.8, 4) is 11.3 Å². The zero-order valence-corrected chi connectivity index (χ0v) is 16.2. The van der Waals surface area contributed by atoms with Crippen molar-refractivity contribution in [2.24, 2.45) is 0 Å². The van der Waals surface area contributed by atoms with Crippen LogP contribution in [0.1, 0.15) is 34.5 Å². The predicted molar refractivity (Wildman–Crippen MR) is 110 cm³/mol. The van der Waals surface area contributed by atoms with Gasteiger partial charge in [0.05, 0.1) is 23.8 Å². The molecule has 7 nitrogen and oxygen atoms in total. The Kier molecular flexibility index (Phi) is 4.98. The van der Waals surface area contributed by atoms with Gasteiger partial charge >= 0.3 is 0 Å². The zero-order valence-electron chi connectivity index (χ0n) is 16.2. The molecule has 3 N–H and O–H groups in total. The van der Waals surface area contributed by atoms with E-state index in [2.05, 4.69) is 15.0 Å². The number of carbonyl (C=O) groups is 1. The van der Waals surface area contributed by atoms with Crippen molar-refractivity contribution < 1.29 is 9.90 Å². The minimum absolute atomic E-state index is 0.0471. The van der Waals surface area contributed by atoms with E-state index in [1.165, 1.54) is 6.20 Å². The number of hydrogen-bond donors (Lipinski definition) is 2. The molecule has 0 spiro atoms. The number of hydrogen-bond acceptors (Lipinski definition) is 6. The molecule has 1 amide bonds. The standard InChI is InChI=1S/C22H23N5O2/c1-15-2-7-19(25-12-15)22(29)8-10-27(11-9-22)21(28)17-5-3-16(4-6-17)18-13-24-14-20(23)26-18/h2-7,12-14,29H,8-11H2,1H3,(H2,23,26). The molecule has 0 saturated carbocycles. The fraction of sp³-hybridized carbons (Fsp3) is 0.273. The minimum atomic E-state index is -0.986. The van der Waals surface area contributed by atoms with Crippen LogP contribution in [0.3, 0.4) is 0 Å². The average Bonchev–Trinajstić information content (AvgIpc) is 2.74. The summed E-state index contributed by atoms with van der Waals surface area (Å²) in [4.78, 5) is 27.3. The van der Waals surface area contributed by atoms with Gasteiger partial charge in [-0.15, -0.1) is 0 Å². The molecule has 148 valence electrons. The molecule has 1 aliphatic rings. The topological polar surface area (TPSA) is 105 Å². The van der Waals surface area contributed by atoms with Gasteiger partial charge in [-0.05, 0) is 43.5 Å². The van der Waals surface area contributed by atoms with E-state index in [0.717, 1.165) is 11.1 Å². The number of aliphatic hydroxyl groups is 1. The lowest BCUT2D eigenvalue weighted by Crippen LogP contribution is -2.45. The third kappa shape index (κ3) is 3.95. The summed E-state index contributed by atoms with van der Waals surface area (Å²) in [5, 5.41) is 11.0. The molecule has 3 heterocycles. The molecule has 3 aromatic rings. The number of nitrogens with zero attached hydrogens (tertiary/aromatic N) is 4. The van der Waals surface area contributed by atoms with Gasteiger partial charge in [-0.3, -0.25) is 14.8 Å². The van der Waals surface area contributed by atoms with Gasteiger partial charge in [0, 0.05) is 30.4 Å². The highest BCUT2D eigenvalue weighted by Gasteiger charge is 2.36. The molecule has 1 fully saturated rings. The van der Waals surface area contributed by atoms with Crippen molar-refractivity contribution in [2.75, 3.05) is 18.8 Å². The number of rotatable bonds is 3. The largest absolute Gasteiger partial charge is 0.383 e. The van der Waals surface area contributed by atoms with Crippen molar-refractivity contribution in [3.05, 3.63) is 71.8 Å². The first-order valence-corrected chi connectivity index (χ1v) is 9.57. The van der Waals surface area contributed by atoms with Crippen molar-refractivity contribution in [2.45, 2.75) is 25.4 Å². The fourth-order valence-corrected chi connectivity index (χ4v) is 3.57. The van der Waals surface area contributed by atoms with Gasteiger partial charge in [0.2, 0.25) is 0 Å². The lowest BCUT2D eigenvalue weighted by molar-refractivity contribution is -0.0244. The molecule has 0 radical (unpaired) electrons. The molecule has 2 aromatic heterocycles. The third-order valence-electron chi connectivity index (χ3n) is 5.35. The van der Waals surface area contributed by atoms with Crippen LogP contribution < -0.4 is 5.73 Å². The van der Waals surface area contributed by atoms with Gasteiger partial charge in [-0.2, -0.15) is 0 Å². The van der Waals surface area contributed by atoms with Crippen LogP contribution in [0.15, 0.2) is 55.0 Å². The Bertz CT molecular complexity index is 1010. The van der Waals surface area contributed by atoms with Gasteiger partial charge in [0.25, 0.3) is 5.91 Å². The summed E-state index contributed by atoms with van der Waals surface area (Å²) in [6, 6.07) is 11.1. The predicted octanol–water partition coefficient (Wildman–Crippen LogP) is 2.55. The number of benzene rings is 1. The number of piperidine rings is 1. The molecule has 0 bridgehead atoms. The molecular formula is C22H23N5O2. The van der Waals surface area contributed by atoms with E-state index in [1.54, 1.807) is 29.4 Å². The molecular weight excluding hydrogens is 366 g/mol. The Morgan fingerprint density at radius 2 is 1.79 bits per heavy atom. The lowest BCUT2D eigenvalue weighted by atomic mass is 9.87. The van der Waals surface area contributed by atoms with E-state index in [0.29, 0.717) is 48.7 Å². The van der Waals surface area contributed by atoms with Crippen molar-refractivity contribution in [1.82, 2.24) is 19.9 Å². The van der Waals surface area contributed by atoms with E-state index in [9.17, 15) is 9.90 Å². The number of likely N-dealkylation sites (tertiary alicyclic amines) is 1. The molecule has 0 aliphatic carbocycles. The maximum atomic E-state index is 12.9. The fourth-order valence-electron chi connectivity index (χ4n) is 3.57. The number of aryl methyl sites for hydroxylation is 1. The second-order valence-electron chi connectivity index (χ2n) is 7.45. The van der Waals surface area contributed by atoms with Crippen molar-refractivity contribution in [1.29, 1.82) is 0 Å². The molecule has 1 aliphatic heterocycles. The van der Waals surface area contributed by atoms with E-state index >= 15 is 0 Å². The summed E-state index contributed by atoms with van der Waals surface area (Å²) in [6.45, 7) is 2.92. The number of nitrogens with two attached hydrogens (primary N) is 1. The summed E-state index contributed by atoms with van der Waals surface area (Å²) in [6.07, 6.45) is 5.82. The smallest absolute Gasteiger partial charge is 0.253 e. The highest BCUT2D eigenvalue weighted by molar-refractivity contribution is 5.94. The molecule has 0 unspecified atom stereocenters. The lowest BCUT2D eigenvalue weighted by Gasteiger charge is -2.37. The van der Waals surface area contributed by atoms with Crippen molar-refractivity contribution in [3.63, 3.8) is 0 Å². The second kappa shape index (κ2) is 7.60. The van der Waals surface area contributed by atoms with Gasteiger partial charge < -0.3 is 15.7 Å². The summed E-state index contributed by atoms with van der Waals surface area (Å²) in [5.74, 6) is 0.306. The second-order valence-corrected chi connectivity index (χ2v) is 7.45. The van der Waals surface area contributed by atoms with Crippen LogP contribution in [0.5, 0.6) is 0 Å². The maximum absolute atomic E-state index is 12.9. The summed E-state index contributed by atoms with van der Waals surface area (Å²) >= 11 is 0. The van der Waals surface area contributed by atoms with Crippen LogP contribution in [0.25, 0.3) is 11.3 Å². The van der Waals surface area contributed by atoms with Crippen molar-refractivity contribution >= 4 is 11.7 Å². The molecule has 1 saturated heterocycles. The van der Waals surface area contributed by atoms with Crippen LogP contribution in [-0.2, 0) is 5.60 Å². The van der Waals surface area contributed by atoms with Gasteiger partial charge in [0.1, 0.15) is 11.4 Å². The number of carbonyl (C=O) groups excluding carboxylic acids is 1. The maximum Gasteiger partial charge on any atom is 0.253 e. The Morgan fingerprint density at radius 3 is 2.41 bits per heavy atom. The average molecular weight is 389 g/mol. The highest BCUT2D eigenvalue weighted by atomic mass is 16.3. The summed E-state index contributed by atoms with van der Waals surface area (Å²) in [7, 11) is 0. The van der Waals surface area contributed by atoms with Gasteiger partial charge in [0.15, 0.2) is 0 Å². The Morgan fingerprint density at radius 1 is 1.07 bits per heavy atom. The van der Waals surface area contributed by atoms with E-state index < -0.39 is 5.60 Å². The first-order chi connectivity index (χ1) is 13.9. The third-order valence-corrected chi connectivity index (χ3v) is 5.35. The van der Waals surface area contributed by atoms with E-state index in [4.69, 9.17) is 5.73 Å². The first kappa shape index (κ1) is 19.0. The van der Waals surface area contributed by atoms with Crippen LogP contribution in [0.4, 0.5) is 5.82 Å². The Balaban J connectivity index is 1.43. The van der Waals surface area contributed by atoms with E-state index in [1.807, 2.05) is 31.2 Å². The van der Waals surface area contributed by atoms with E-state index in [-0.39, 0.29) is 5.91 Å². The van der Waals surface area contributed by atoms with Gasteiger partial charge in [-0.1, -0.05) is 18.2 Å². The molecule has 29 heavy (non-hydrogen) atoms. The summed E-state index contributed by atoms with van der Waals surface area (Å²) < 4.78 is 0. The van der Waals surface area contributed by atoms with Crippen LogP contribution in [-0.4, -0.2) is 44.0 Å². The highest BCUT2D eigenvalue weighted by Crippen LogP contribution is 2.32. The Labute approximate surface area is 169 Å². The first-order valence-electron chi connectivity index (χ1n) is 9.57. The minimum Gasteiger partial charge on any atom is -0.383 e. The molecule has 4 rings (SSSR count). The molecule has 7 heteroatoms. The number of pyridine rings is 1. The zero-order chi connectivity index (χ0) is 20.4.